The van der Waals surface area contributed by atoms with E-state index in [1.807, 2.05) is 17.7 Å². The third kappa shape index (κ3) is 3.57. The van der Waals surface area contributed by atoms with Crippen molar-refractivity contribution in [2.45, 2.75) is 19.8 Å². The summed E-state index contributed by atoms with van der Waals surface area (Å²) < 4.78 is 0. The number of benzene rings is 1. The summed E-state index contributed by atoms with van der Waals surface area (Å²) in [7, 11) is 0. The first kappa shape index (κ1) is 15.2. The van der Waals surface area contributed by atoms with Crippen LogP contribution in [0.4, 0.5) is 0 Å². The molecule has 0 aliphatic rings. The molecule has 7 heteroatoms. The average molecular weight is 326 g/mol. The number of nitrogens with zero attached hydrogens (tertiary/aromatic N) is 3. The molecule has 116 valence electrons. The van der Waals surface area contributed by atoms with Crippen LogP contribution in [0.1, 0.15) is 32.9 Å². The maximum atomic E-state index is 12.1. The molecule has 1 N–H and O–H groups in total. The fourth-order valence-electron chi connectivity index (χ4n) is 2.22. The van der Waals surface area contributed by atoms with Crippen molar-refractivity contribution in [2.75, 3.05) is 0 Å². The lowest BCUT2D eigenvalue weighted by Crippen LogP contribution is -2.18. The maximum absolute atomic E-state index is 12.1. The number of nitrogens with one attached hydrogen (secondary N) is 1. The van der Waals surface area contributed by atoms with E-state index in [1.165, 1.54) is 22.5 Å². The van der Waals surface area contributed by atoms with Crippen LogP contribution in [-0.4, -0.2) is 32.2 Å². The van der Waals surface area contributed by atoms with Crippen molar-refractivity contribution in [2.24, 2.45) is 0 Å². The SMILES string of the molecule is Cc1ccc(Cc2cscc2CC(=O)C(=O)c2nn[nH]n2)cc1. The van der Waals surface area contributed by atoms with E-state index in [0.717, 1.165) is 17.5 Å². The van der Waals surface area contributed by atoms with Gasteiger partial charge in [0.25, 0.3) is 5.78 Å². The van der Waals surface area contributed by atoms with E-state index in [2.05, 4.69) is 44.9 Å². The molecule has 1 aromatic carbocycles. The first-order chi connectivity index (χ1) is 11.1. The van der Waals surface area contributed by atoms with Crippen LogP contribution in [0.25, 0.3) is 0 Å². The van der Waals surface area contributed by atoms with Crippen LogP contribution < -0.4 is 0 Å². The Morgan fingerprint density at radius 1 is 1.13 bits per heavy atom. The molecule has 0 saturated carbocycles. The first-order valence-corrected chi connectivity index (χ1v) is 7.98. The van der Waals surface area contributed by atoms with Crippen LogP contribution >= 0.6 is 11.3 Å². The lowest BCUT2D eigenvalue weighted by atomic mass is 9.99. The number of carbonyl (C=O) groups excluding carboxylic acids is 2. The van der Waals surface area contributed by atoms with E-state index in [9.17, 15) is 9.59 Å². The van der Waals surface area contributed by atoms with Gasteiger partial charge >= 0.3 is 0 Å². The first-order valence-electron chi connectivity index (χ1n) is 7.04. The predicted molar refractivity (Wildman–Crippen MR) is 85.5 cm³/mol. The molecule has 0 unspecified atom stereocenters. The Hall–Kier alpha value is -2.67. The zero-order valence-electron chi connectivity index (χ0n) is 12.4. The van der Waals surface area contributed by atoms with Gasteiger partial charge in [0, 0.05) is 6.42 Å². The molecule has 0 saturated heterocycles. The van der Waals surface area contributed by atoms with Crippen LogP contribution in [0.15, 0.2) is 35.0 Å². The van der Waals surface area contributed by atoms with Crippen LogP contribution in [0.5, 0.6) is 0 Å². The Balaban J connectivity index is 1.72. The summed E-state index contributed by atoms with van der Waals surface area (Å²) in [6, 6.07) is 8.27. The standard InChI is InChI=1S/C16H14N4O2S/c1-10-2-4-11(5-3-10)6-12-8-23-9-13(12)7-14(21)15(22)16-17-19-20-18-16/h2-5,8-9H,6-7H2,1H3,(H,17,18,19,20). The summed E-state index contributed by atoms with van der Waals surface area (Å²) in [5.74, 6) is -1.44. The van der Waals surface area contributed by atoms with E-state index in [4.69, 9.17) is 0 Å². The number of thiophene rings is 1. The summed E-state index contributed by atoms with van der Waals surface area (Å²) in [6.45, 7) is 2.04. The van der Waals surface area contributed by atoms with E-state index in [-0.39, 0.29) is 12.2 Å². The topological polar surface area (TPSA) is 88.6 Å². The summed E-state index contributed by atoms with van der Waals surface area (Å²) >= 11 is 1.53. The van der Waals surface area contributed by atoms with E-state index >= 15 is 0 Å². The van der Waals surface area contributed by atoms with Crippen molar-refractivity contribution in [3.05, 3.63) is 63.1 Å². The molecule has 2 heterocycles. The minimum atomic E-state index is -0.716. The van der Waals surface area contributed by atoms with Gasteiger partial charge in [0.05, 0.1) is 0 Å². The van der Waals surface area contributed by atoms with Gasteiger partial charge in [-0.25, -0.2) is 0 Å². The second-order valence-electron chi connectivity index (χ2n) is 5.25. The Morgan fingerprint density at radius 3 is 2.57 bits per heavy atom. The molecule has 0 amide bonds. The van der Waals surface area contributed by atoms with Gasteiger partial charge in [-0.2, -0.15) is 16.6 Å². The van der Waals surface area contributed by atoms with Gasteiger partial charge < -0.3 is 0 Å². The Morgan fingerprint density at radius 2 is 1.87 bits per heavy atom. The number of carbonyl (C=O) groups is 2. The molecular weight excluding hydrogens is 312 g/mol. The highest BCUT2D eigenvalue weighted by Crippen LogP contribution is 2.20. The third-order valence-electron chi connectivity index (χ3n) is 3.50. The number of aromatic amines is 1. The molecule has 3 aromatic rings. The van der Waals surface area contributed by atoms with Crippen molar-refractivity contribution in [1.29, 1.82) is 0 Å². The molecular formula is C16H14N4O2S. The van der Waals surface area contributed by atoms with Gasteiger partial charge in [0.1, 0.15) is 0 Å². The fraction of sp³-hybridized carbons (Fsp3) is 0.188. The number of hydrogen-bond donors (Lipinski definition) is 1. The van der Waals surface area contributed by atoms with Gasteiger partial charge in [0.15, 0.2) is 0 Å². The lowest BCUT2D eigenvalue weighted by Gasteiger charge is -2.04. The molecule has 23 heavy (non-hydrogen) atoms. The fourth-order valence-corrected chi connectivity index (χ4v) is 3.09. The van der Waals surface area contributed by atoms with Crippen LogP contribution in [-0.2, 0) is 17.6 Å². The van der Waals surface area contributed by atoms with E-state index < -0.39 is 11.6 Å². The van der Waals surface area contributed by atoms with Crippen LogP contribution in [0.2, 0.25) is 0 Å². The molecule has 0 atom stereocenters. The molecule has 0 aliphatic carbocycles. The molecule has 0 spiro atoms. The minimum absolute atomic E-state index is 0.0536. The van der Waals surface area contributed by atoms with Crippen molar-refractivity contribution in [1.82, 2.24) is 20.6 Å². The number of H-pyrrole nitrogens is 1. The molecule has 0 aliphatic heterocycles. The van der Waals surface area contributed by atoms with Crippen molar-refractivity contribution < 1.29 is 9.59 Å². The number of Topliss-reactive ketones (excluding diaryl/α,β-unsaturated/α-hetero) is 2. The van der Waals surface area contributed by atoms with Gasteiger partial charge in [-0.1, -0.05) is 29.8 Å². The largest absolute Gasteiger partial charge is 0.290 e. The number of aryl methyl sites for hydroxylation is 1. The summed E-state index contributed by atoms with van der Waals surface area (Å²) in [4.78, 5) is 24.0. The van der Waals surface area contributed by atoms with Crippen molar-refractivity contribution >= 4 is 22.9 Å². The number of ketones is 2. The molecule has 0 radical (unpaired) electrons. The Kier molecular flexibility index (Phi) is 4.38. The molecule has 2 aromatic heterocycles. The third-order valence-corrected chi connectivity index (χ3v) is 4.34. The van der Waals surface area contributed by atoms with Gasteiger partial charge in [-0.15, -0.1) is 10.2 Å². The second kappa shape index (κ2) is 6.62. The second-order valence-corrected chi connectivity index (χ2v) is 5.99. The normalized spacial score (nSPS) is 10.7. The minimum Gasteiger partial charge on any atom is -0.290 e. The van der Waals surface area contributed by atoms with Crippen molar-refractivity contribution in [3.8, 4) is 0 Å². The summed E-state index contributed by atoms with van der Waals surface area (Å²) in [5.41, 5.74) is 4.32. The monoisotopic (exact) mass is 326 g/mol. The molecule has 6 nitrogen and oxygen atoms in total. The quantitative estimate of drug-likeness (QED) is 0.554. The zero-order valence-corrected chi connectivity index (χ0v) is 13.3. The maximum Gasteiger partial charge on any atom is 0.269 e. The highest BCUT2D eigenvalue weighted by atomic mass is 32.1. The summed E-state index contributed by atoms with van der Waals surface area (Å²) in [6.07, 6.45) is 0.793. The van der Waals surface area contributed by atoms with Gasteiger partial charge in [0.2, 0.25) is 11.6 Å². The smallest absolute Gasteiger partial charge is 0.269 e. The van der Waals surface area contributed by atoms with Crippen molar-refractivity contribution in [3.63, 3.8) is 0 Å². The zero-order chi connectivity index (χ0) is 16.2. The van der Waals surface area contributed by atoms with Crippen LogP contribution in [0.3, 0.4) is 0 Å². The Labute approximate surface area is 136 Å². The Bertz CT molecular complexity index is 822. The number of rotatable bonds is 6. The number of hydrogen-bond acceptors (Lipinski definition) is 6. The molecule has 3 rings (SSSR count). The number of aromatic nitrogens is 4. The highest BCUT2D eigenvalue weighted by molar-refractivity contribution is 7.08. The average Bonchev–Trinajstić information content (AvgIpc) is 3.21. The van der Waals surface area contributed by atoms with E-state index in [1.54, 1.807) is 0 Å². The predicted octanol–water partition coefficient (Wildman–Crippen LogP) is 2.15. The molecule has 0 fully saturated rings. The highest BCUT2D eigenvalue weighted by Gasteiger charge is 2.22. The summed E-state index contributed by atoms with van der Waals surface area (Å²) in [5, 5.41) is 16.5. The van der Waals surface area contributed by atoms with Crippen LogP contribution in [0, 0.1) is 6.92 Å². The lowest BCUT2D eigenvalue weighted by molar-refractivity contribution is -0.114. The number of tetrazole rings is 1. The van der Waals surface area contributed by atoms with Gasteiger partial charge in [-0.3, -0.25) is 9.59 Å². The van der Waals surface area contributed by atoms with E-state index in [0.29, 0.717) is 0 Å². The molecule has 0 bridgehead atoms. The van der Waals surface area contributed by atoms with Gasteiger partial charge in [-0.05, 0) is 46.0 Å².